The first-order valence-corrected chi connectivity index (χ1v) is 9.55. The third-order valence-corrected chi connectivity index (χ3v) is 5.62. The van der Waals surface area contributed by atoms with Gasteiger partial charge >= 0.3 is 0 Å². The second kappa shape index (κ2) is 7.79. The Morgan fingerprint density at radius 2 is 1.88 bits per heavy atom. The summed E-state index contributed by atoms with van der Waals surface area (Å²) in [6.07, 6.45) is 2.58. The summed E-state index contributed by atoms with van der Waals surface area (Å²) in [6, 6.07) is 13.6. The van der Waals surface area contributed by atoms with Crippen LogP contribution in [0.4, 0.5) is 0 Å². The molecule has 1 aromatic carbocycles. The van der Waals surface area contributed by atoms with Gasteiger partial charge in [-0.25, -0.2) is 4.98 Å². The van der Waals surface area contributed by atoms with E-state index in [4.69, 9.17) is 0 Å². The average Bonchev–Trinajstić information content (AvgIpc) is 3.01. The number of hydrogen-bond acceptors (Lipinski definition) is 4. The molecule has 0 saturated heterocycles. The van der Waals surface area contributed by atoms with Crippen LogP contribution in [0.25, 0.3) is 10.4 Å². The molecule has 5 heteroatoms. The number of aromatic nitrogens is 2. The lowest BCUT2D eigenvalue weighted by atomic mass is 10.1. The number of rotatable bonds is 5. The van der Waals surface area contributed by atoms with E-state index in [1.165, 1.54) is 0 Å². The fraction of sp³-hybridized carbons (Fsp3) is 0.286. The largest absolute Gasteiger partial charge is 0.333 e. The summed E-state index contributed by atoms with van der Waals surface area (Å²) in [5, 5.41) is 1.05. The van der Waals surface area contributed by atoms with Gasteiger partial charge in [-0.15, -0.1) is 11.3 Å². The predicted octanol–water partition coefficient (Wildman–Crippen LogP) is 5.05. The van der Waals surface area contributed by atoms with Gasteiger partial charge in [0.2, 0.25) is 0 Å². The quantitative estimate of drug-likeness (QED) is 0.636. The number of nitrogens with zero attached hydrogens (tertiary/aromatic N) is 3. The summed E-state index contributed by atoms with van der Waals surface area (Å²) in [6.45, 7) is 6.10. The number of hydrogen-bond donors (Lipinski definition) is 0. The van der Waals surface area contributed by atoms with Crippen LogP contribution in [0.5, 0.6) is 0 Å². The molecule has 0 aliphatic heterocycles. The second-order valence-electron chi connectivity index (χ2n) is 6.32. The molecule has 0 spiro atoms. The Bertz CT molecular complexity index is 887. The maximum Gasteiger partial charge on any atom is 0.254 e. The Morgan fingerprint density at radius 1 is 1.15 bits per heavy atom. The van der Waals surface area contributed by atoms with Gasteiger partial charge in [0, 0.05) is 18.8 Å². The van der Waals surface area contributed by atoms with Crippen LogP contribution in [0.1, 0.15) is 46.1 Å². The van der Waals surface area contributed by atoms with Crippen molar-refractivity contribution in [2.45, 2.75) is 33.2 Å². The van der Waals surface area contributed by atoms with Crippen molar-refractivity contribution < 1.29 is 4.79 Å². The maximum atomic E-state index is 12.9. The summed E-state index contributed by atoms with van der Waals surface area (Å²) >= 11 is 1.68. The number of carbonyl (C=O) groups is 1. The van der Waals surface area contributed by atoms with E-state index in [0.29, 0.717) is 5.56 Å². The molecule has 0 bridgehead atoms. The molecule has 1 amide bonds. The van der Waals surface area contributed by atoms with E-state index in [0.717, 1.165) is 33.3 Å². The fourth-order valence-corrected chi connectivity index (χ4v) is 4.09. The van der Waals surface area contributed by atoms with E-state index in [1.54, 1.807) is 22.4 Å². The number of aryl methyl sites for hydroxylation is 2. The van der Waals surface area contributed by atoms with Crippen molar-refractivity contribution in [2.75, 3.05) is 7.05 Å². The highest BCUT2D eigenvalue weighted by Gasteiger charge is 2.22. The van der Waals surface area contributed by atoms with Crippen LogP contribution in [-0.4, -0.2) is 27.8 Å². The molecular formula is C21H23N3OS. The number of thiazole rings is 1. The standard InChI is InChI=1S/C21H23N3OS/c1-5-19(18-8-6-7-13-22-18)24(4)21(25)17-11-9-16(10-12-17)20-14(2)23-15(3)26-20/h6-13,19H,5H2,1-4H3/t19-/m1/s1. The molecule has 134 valence electrons. The second-order valence-corrected chi connectivity index (χ2v) is 7.52. The summed E-state index contributed by atoms with van der Waals surface area (Å²) in [4.78, 5) is 24.8. The summed E-state index contributed by atoms with van der Waals surface area (Å²) in [5.41, 5.74) is 3.73. The Hall–Kier alpha value is -2.53. The number of amides is 1. The molecule has 0 N–H and O–H groups in total. The third-order valence-electron chi connectivity index (χ3n) is 4.50. The van der Waals surface area contributed by atoms with Crippen molar-refractivity contribution >= 4 is 17.2 Å². The smallest absolute Gasteiger partial charge is 0.254 e. The SMILES string of the molecule is CC[C@H](c1ccccn1)N(C)C(=O)c1ccc(-c2sc(C)nc2C)cc1. The molecule has 0 aliphatic rings. The molecule has 0 radical (unpaired) electrons. The first kappa shape index (κ1) is 18.3. The molecule has 3 rings (SSSR count). The van der Waals surface area contributed by atoms with Crippen LogP contribution in [0, 0.1) is 13.8 Å². The highest BCUT2D eigenvalue weighted by atomic mass is 32.1. The van der Waals surface area contributed by atoms with Gasteiger partial charge in [-0.05, 0) is 50.1 Å². The minimum absolute atomic E-state index is 0.00580. The Morgan fingerprint density at radius 3 is 2.42 bits per heavy atom. The number of benzene rings is 1. The van der Waals surface area contributed by atoms with Crippen LogP contribution in [0.3, 0.4) is 0 Å². The predicted molar refractivity (Wildman–Crippen MR) is 106 cm³/mol. The molecule has 0 saturated carbocycles. The zero-order chi connectivity index (χ0) is 18.7. The molecule has 0 fully saturated rings. The van der Waals surface area contributed by atoms with Crippen LogP contribution in [0.2, 0.25) is 0 Å². The van der Waals surface area contributed by atoms with Crippen LogP contribution in [-0.2, 0) is 0 Å². The first-order chi connectivity index (χ1) is 12.5. The van der Waals surface area contributed by atoms with Crippen LogP contribution in [0.15, 0.2) is 48.7 Å². The van der Waals surface area contributed by atoms with Crippen molar-refractivity contribution in [3.63, 3.8) is 0 Å². The normalized spacial score (nSPS) is 12.0. The highest BCUT2D eigenvalue weighted by molar-refractivity contribution is 7.15. The zero-order valence-corrected chi connectivity index (χ0v) is 16.4. The van der Waals surface area contributed by atoms with Crippen LogP contribution >= 0.6 is 11.3 Å². The molecule has 26 heavy (non-hydrogen) atoms. The molecule has 0 unspecified atom stereocenters. The van der Waals surface area contributed by atoms with E-state index < -0.39 is 0 Å². The van der Waals surface area contributed by atoms with Gasteiger partial charge in [-0.3, -0.25) is 9.78 Å². The molecule has 0 aliphatic carbocycles. The lowest BCUT2D eigenvalue weighted by Gasteiger charge is -2.27. The minimum Gasteiger partial charge on any atom is -0.333 e. The monoisotopic (exact) mass is 365 g/mol. The molecule has 3 aromatic rings. The van der Waals surface area contributed by atoms with Gasteiger partial charge in [0.15, 0.2) is 0 Å². The lowest BCUT2D eigenvalue weighted by Crippen LogP contribution is -2.31. The molecule has 2 aromatic heterocycles. The van der Waals surface area contributed by atoms with E-state index in [1.807, 2.05) is 63.4 Å². The lowest BCUT2D eigenvalue weighted by molar-refractivity contribution is 0.0723. The Balaban J connectivity index is 1.82. The summed E-state index contributed by atoms with van der Waals surface area (Å²) in [7, 11) is 1.84. The number of pyridine rings is 1. The Kier molecular flexibility index (Phi) is 5.47. The van der Waals surface area contributed by atoms with E-state index >= 15 is 0 Å². The molecule has 2 heterocycles. The van der Waals surface area contributed by atoms with Crippen molar-refractivity contribution in [3.05, 3.63) is 70.6 Å². The van der Waals surface area contributed by atoms with Gasteiger partial charge in [-0.1, -0.05) is 25.1 Å². The van der Waals surface area contributed by atoms with Crippen molar-refractivity contribution in [3.8, 4) is 10.4 Å². The van der Waals surface area contributed by atoms with E-state index in [-0.39, 0.29) is 11.9 Å². The molecule has 4 nitrogen and oxygen atoms in total. The van der Waals surface area contributed by atoms with Crippen molar-refractivity contribution in [1.82, 2.24) is 14.9 Å². The molecular weight excluding hydrogens is 342 g/mol. The summed E-state index contributed by atoms with van der Waals surface area (Å²) < 4.78 is 0. The fourth-order valence-electron chi connectivity index (χ4n) is 3.16. The average molecular weight is 366 g/mol. The van der Waals surface area contributed by atoms with Gasteiger partial charge in [0.05, 0.1) is 27.3 Å². The van der Waals surface area contributed by atoms with Gasteiger partial charge in [0.25, 0.3) is 5.91 Å². The molecule has 1 atom stereocenters. The minimum atomic E-state index is -0.0326. The van der Waals surface area contributed by atoms with Gasteiger partial charge in [-0.2, -0.15) is 0 Å². The van der Waals surface area contributed by atoms with Gasteiger partial charge in [0.1, 0.15) is 0 Å². The Labute approximate surface area is 158 Å². The van der Waals surface area contributed by atoms with Crippen LogP contribution < -0.4 is 0 Å². The maximum absolute atomic E-state index is 12.9. The van der Waals surface area contributed by atoms with Crippen molar-refractivity contribution in [1.29, 1.82) is 0 Å². The zero-order valence-electron chi connectivity index (χ0n) is 15.6. The van der Waals surface area contributed by atoms with E-state index in [9.17, 15) is 4.79 Å². The highest BCUT2D eigenvalue weighted by Crippen LogP contribution is 2.30. The van der Waals surface area contributed by atoms with E-state index in [2.05, 4.69) is 16.9 Å². The van der Waals surface area contributed by atoms with Gasteiger partial charge < -0.3 is 4.90 Å². The summed E-state index contributed by atoms with van der Waals surface area (Å²) in [5.74, 6) is 0.00580. The number of carbonyl (C=O) groups excluding carboxylic acids is 1. The first-order valence-electron chi connectivity index (χ1n) is 8.73. The van der Waals surface area contributed by atoms with Crippen molar-refractivity contribution in [2.24, 2.45) is 0 Å². The topological polar surface area (TPSA) is 46.1 Å². The third kappa shape index (κ3) is 3.68.